The number of morpholine rings is 1. The third-order valence-corrected chi connectivity index (χ3v) is 3.55. The largest absolute Gasteiger partial charge is 0.368 e. The molecule has 17 heavy (non-hydrogen) atoms. The average molecular weight is 232 g/mol. The maximum absolute atomic E-state index is 12.4. The molecule has 90 valence electrons. The van der Waals surface area contributed by atoms with Gasteiger partial charge in [0.1, 0.15) is 6.10 Å². The Morgan fingerprint density at radius 3 is 3.29 bits per heavy atom. The minimum Gasteiger partial charge on any atom is -0.368 e. The molecule has 2 heterocycles. The molecule has 1 saturated heterocycles. The highest BCUT2D eigenvalue weighted by Crippen LogP contribution is 2.33. The summed E-state index contributed by atoms with van der Waals surface area (Å²) in [5.74, 6) is 0.130. The van der Waals surface area contributed by atoms with Crippen molar-refractivity contribution in [2.45, 2.75) is 24.9 Å². The number of nitrogens with one attached hydrogen (secondary N) is 1. The maximum atomic E-state index is 12.4. The molecule has 4 heteroatoms. The summed E-state index contributed by atoms with van der Waals surface area (Å²) in [6.45, 7) is 2.10. The number of hydrogen-bond donors (Lipinski definition) is 1. The first-order chi connectivity index (χ1) is 8.36. The first kappa shape index (κ1) is 10.9. The van der Waals surface area contributed by atoms with Crippen LogP contribution in [0.15, 0.2) is 18.3 Å². The summed E-state index contributed by atoms with van der Waals surface area (Å²) in [5.41, 5.74) is 2.18. The molecular formula is C13H16N2O2. The Hall–Kier alpha value is -1.26. The molecule has 1 N–H and O–H groups in total. The molecule has 0 saturated carbocycles. The fourth-order valence-electron chi connectivity index (χ4n) is 2.66. The van der Waals surface area contributed by atoms with Gasteiger partial charge in [-0.05, 0) is 24.5 Å². The van der Waals surface area contributed by atoms with Gasteiger partial charge in [0.05, 0.1) is 18.2 Å². The van der Waals surface area contributed by atoms with Gasteiger partial charge in [-0.3, -0.25) is 9.78 Å². The number of carbonyl (C=O) groups excluding carboxylic acids is 1. The van der Waals surface area contributed by atoms with Gasteiger partial charge < -0.3 is 10.1 Å². The Morgan fingerprint density at radius 1 is 1.53 bits per heavy atom. The van der Waals surface area contributed by atoms with Crippen LogP contribution in [-0.4, -0.2) is 36.6 Å². The van der Waals surface area contributed by atoms with E-state index in [9.17, 15) is 4.79 Å². The molecule has 1 aromatic rings. The quantitative estimate of drug-likeness (QED) is 0.814. The Labute approximate surface area is 100 Å². The number of ketones is 1. The molecule has 3 rings (SSSR count). The van der Waals surface area contributed by atoms with Crippen molar-refractivity contribution in [3.05, 3.63) is 29.6 Å². The van der Waals surface area contributed by atoms with Crippen molar-refractivity contribution in [3.8, 4) is 0 Å². The van der Waals surface area contributed by atoms with Gasteiger partial charge in [-0.2, -0.15) is 0 Å². The summed E-state index contributed by atoms with van der Waals surface area (Å²) < 4.78 is 5.53. The summed E-state index contributed by atoms with van der Waals surface area (Å²) in [7, 11) is 0. The lowest BCUT2D eigenvalue weighted by Gasteiger charge is -2.24. The molecule has 2 unspecified atom stereocenters. The number of aryl methyl sites for hydroxylation is 1. The van der Waals surface area contributed by atoms with E-state index in [0.29, 0.717) is 13.2 Å². The summed E-state index contributed by atoms with van der Waals surface area (Å²) in [4.78, 5) is 16.7. The number of pyridine rings is 1. The topological polar surface area (TPSA) is 51.2 Å². The standard InChI is InChI=1S/C13H16N2O2/c16-13(11-8-14-6-7-17-11)10-4-3-9-2-1-5-15-12(9)10/h1-2,5,10-11,14H,3-4,6-8H2. The van der Waals surface area contributed by atoms with Crippen LogP contribution < -0.4 is 5.32 Å². The molecular weight excluding hydrogens is 216 g/mol. The monoisotopic (exact) mass is 232 g/mol. The second-order valence-electron chi connectivity index (χ2n) is 4.60. The average Bonchev–Trinajstić information content (AvgIpc) is 2.83. The highest BCUT2D eigenvalue weighted by Gasteiger charge is 2.35. The highest BCUT2D eigenvalue weighted by molar-refractivity contribution is 5.90. The third-order valence-electron chi connectivity index (χ3n) is 3.55. The minimum absolute atomic E-state index is 0.0592. The predicted octanol–water partition coefficient (Wildman–Crippen LogP) is 0.669. The van der Waals surface area contributed by atoms with Crippen LogP contribution in [0, 0.1) is 0 Å². The number of carbonyl (C=O) groups is 1. The lowest BCUT2D eigenvalue weighted by molar-refractivity contribution is -0.133. The first-order valence-electron chi connectivity index (χ1n) is 6.16. The van der Waals surface area contributed by atoms with Crippen molar-refractivity contribution >= 4 is 5.78 Å². The van der Waals surface area contributed by atoms with Gasteiger partial charge in [0, 0.05) is 19.3 Å². The van der Waals surface area contributed by atoms with E-state index in [1.807, 2.05) is 6.07 Å². The Balaban J connectivity index is 1.79. The Kier molecular flexibility index (Phi) is 2.91. The van der Waals surface area contributed by atoms with Crippen molar-refractivity contribution < 1.29 is 9.53 Å². The second-order valence-corrected chi connectivity index (χ2v) is 4.60. The number of hydrogen-bond acceptors (Lipinski definition) is 4. The van der Waals surface area contributed by atoms with Gasteiger partial charge in [0.15, 0.2) is 5.78 Å². The van der Waals surface area contributed by atoms with Crippen LogP contribution in [0.1, 0.15) is 23.6 Å². The fourth-order valence-corrected chi connectivity index (χ4v) is 2.66. The summed E-state index contributed by atoms with van der Waals surface area (Å²) >= 11 is 0. The normalized spacial score (nSPS) is 27.8. The number of ether oxygens (including phenoxy) is 1. The molecule has 0 aromatic carbocycles. The molecule has 2 aliphatic rings. The van der Waals surface area contributed by atoms with Crippen molar-refractivity contribution in [2.24, 2.45) is 0 Å². The van der Waals surface area contributed by atoms with Gasteiger partial charge >= 0.3 is 0 Å². The van der Waals surface area contributed by atoms with E-state index in [1.54, 1.807) is 6.20 Å². The van der Waals surface area contributed by atoms with Gasteiger partial charge in [0.2, 0.25) is 0 Å². The van der Waals surface area contributed by atoms with E-state index in [0.717, 1.165) is 25.1 Å². The lowest BCUT2D eigenvalue weighted by Crippen LogP contribution is -2.44. The minimum atomic E-state index is -0.290. The third kappa shape index (κ3) is 1.98. The molecule has 1 aromatic heterocycles. The van der Waals surface area contributed by atoms with Crippen LogP contribution in [0.3, 0.4) is 0 Å². The molecule has 1 aliphatic carbocycles. The van der Waals surface area contributed by atoms with E-state index >= 15 is 0 Å². The molecule has 1 fully saturated rings. The molecule has 0 amide bonds. The van der Waals surface area contributed by atoms with Gasteiger partial charge in [-0.1, -0.05) is 6.07 Å². The summed E-state index contributed by atoms with van der Waals surface area (Å²) in [6, 6.07) is 4.00. The van der Waals surface area contributed by atoms with Crippen molar-refractivity contribution in [1.82, 2.24) is 10.3 Å². The number of Topliss-reactive ketones (excluding diaryl/α,β-unsaturated/α-hetero) is 1. The molecule has 1 aliphatic heterocycles. The van der Waals surface area contributed by atoms with Crippen LogP contribution in [0.5, 0.6) is 0 Å². The van der Waals surface area contributed by atoms with Gasteiger partial charge in [-0.15, -0.1) is 0 Å². The first-order valence-corrected chi connectivity index (χ1v) is 6.16. The van der Waals surface area contributed by atoms with Crippen LogP contribution in [0.25, 0.3) is 0 Å². The molecule has 2 atom stereocenters. The smallest absolute Gasteiger partial charge is 0.171 e. The number of fused-ring (bicyclic) bond motifs is 1. The van der Waals surface area contributed by atoms with Gasteiger partial charge in [-0.25, -0.2) is 0 Å². The zero-order valence-corrected chi connectivity index (χ0v) is 9.69. The molecule has 4 nitrogen and oxygen atoms in total. The van der Waals surface area contributed by atoms with Crippen LogP contribution >= 0.6 is 0 Å². The van der Waals surface area contributed by atoms with Crippen LogP contribution in [0.2, 0.25) is 0 Å². The van der Waals surface area contributed by atoms with Gasteiger partial charge in [0.25, 0.3) is 0 Å². The van der Waals surface area contributed by atoms with E-state index in [-0.39, 0.29) is 17.8 Å². The van der Waals surface area contributed by atoms with E-state index in [4.69, 9.17) is 4.74 Å². The SMILES string of the molecule is O=C(C1CNCCO1)C1CCc2cccnc21. The van der Waals surface area contributed by atoms with Crippen molar-refractivity contribution in [2.75, 3.05) is 19.7 Å². The number of nitrogens with zero attached hydrogens (tertiary/aromatic N) is 1. The predicted molar refractivity (Wildman–Crippen MR) is 62.9 cm³/mol. The number of rotatable bonds is 2. The fraction of sp³-hybridized carbons (Fsp3) is 0.538. The van der Waals surface area contributed by atoms with Crippen molar-refractivity contribution in [3.63, 3.8) is 0 Å². The van der Waals surface area contributed by atoms with Crippen LogP contribution in [-0.2, 0) is 16.0 Å². The van der Waals surface area contributed by atoms with E-state index in [2.05, 4.69) is 16.4 Å². The molecule has 0 radical (unpaired) electrons. The van der Waals surface area contributed by atoms with Crippen molar-refractivity contribution in [1.29, 1.82) is 0 Å². The Morgan fingerprint density at radius 2 is 2.47 bits per heavy atom. The summed E-state index contributed by atoms with van der Waals surface area (Å²) in [6.07, 6.45) is 3.32. The number of aromatic nitrogens is 1. The van der Waals surface area contributed by atoms with E-state index < -0.39 is 0 Å². The zero-order chi connectivity index (χ0) is 11.7. The Bertz CT molecular complexity index is 427. The molecule has 0 spiro atoms. The zero-order valence-electron chi connectivity index (χ0n) is 9.69. The van der Waals surface area contributed by atoms with E-state index in [1.165, 1.54) is 5.56 Å². The maximum Gasteiger partial charge on any atom is 0.171 e. The summed E-state index contributed by atoms with van der Waals surface area (Å²) in [5, 5.41) is 3.20. The molecule has 0 bridgehead atoms. The lowest BCUT2D eigenvalue weighted by atomic mass is 9.96. The second kappa shape index (κ2) is 4.55. The van der Waals surface area contributed by atoms with Crippen LogP contribution in [0.4, 0.5) is 0 Å². The highest BCUT2D eigenvalue weighted by atomic mass is 16.5.